The van der Waals surface area contributed by atoms with Gasteiger partial charge < -0.3 is 14.3 Å². The Labute approximate surface area is 238 Å². The van der Waals surface area contributed by atoms with Crippen LogP contribution in [0.1, 0.15) is 22.6 Å². The number of carboxylic acid groups (broad SMARTS) is 1. The highest BCUT2D eigenvalue weighted by Crippen LogP contribution is 2.25. The number of oxazole rings is 1. The van der Waals surface area contributed by atoms with Gasteiger partial charge in [-0.3, -0.25) is 9.10 Å². The van der Waals surface area contributed by atoms with Crippen molar-refractivity contribution in [2.45, 2.75) is 26.8 Å². The Kier molecular flexibility index (Phi) is 9.14. The molecule has 4 rings (SSSR count). The second-order valence-electron chi connectivity index (χ2n) is 9.25. The summed E-state index contributed by atoms with van der Waals surface area (Å²) in [6.45, 7) is 3.33. The van der Waals surface area contributed by atoms with Gasteiger partial charge in [0.1, 0.15) is 18.1 Å². The van der Waals surface area contributed by atoms with Crippen molar-refractivity contribution >= 4 is 33.5 Å². The average Bonchev–Trinajstić information content (AvgIpc) is 3.29. The molecule has 0 spiro atoms. The summed E-state index contributed by atoms with van der Waals surface area (Å²) in [5, 5.41) is 9.88. The summed E-state index contributed by atoms with van der Waals surface area (Å²) in [5.41, 5.74) is 3.77. The molecular formula is C29H30ClN3O6S. The Bertz CT molecular complexity index is 1570. The summed E-state index contributed by atoms with van der Waals surface area (Å²) in [5.74, 6) is 0.523. The molecular weight excluding hydrogens is 554 g/mol. The van der Waals surface area contributed by atoms with E-state index >= 15 is 0 Å². The summed E-state index contributed by atoms with van der Waals surface area (Å²) < 4.78 is 40.3. The third kappa shape index (κ3) is 7.20. The number of anilines is 1. The van der Waals surface area contributed by atoms with Crippen molar-refractivity contribution in [3.63, 3.8) is 0 Å². The van der Waals surface area contributed by atoms with Crippen LogP contribution in [-0.4, -0.2) is 49.0 Å². The van der Waals surface area contributed by atoms with Crippen LogP contribution in [0.15, 0.2) is 77.2 Å². The number of aliphatic carboxylic acids is 1. The highest BCUT2D eigenvalue weighted by atomic mass is 35.5. The van der Waals surface area contributed by atoms with Crippen molar-refractivity contribution in [3.05, 3.63) is 100 Å². The van der Waals surface area contributed by atoms with Gasteiger partial charge in [0, 0.05) is 30.6 Å². The average molecular weight is 584 g/mol. The lowest BCUT2D eigenvalue weighted by atomic mass is 10.1. The number of aryl methyl sites for hydroxylation is 2. The van der Waals surface area contributed by atoms with Gasteiger partial charge >= 0.3 is 16.2 Å². The predicted octanol–water partition coefficient (Wildman–Crippen LogP) is 5.50. The van der Waals surface area contributed by atoms with Gasteiger partial charge in [0.15, 0.2) is 0 Å². The van der Waals surface area contributed by atoms with Crippen LogP contribution in [0.25, 0.3) is 11.5 Å². The summed E-state index contributed by atoms with van der Waals surface area (Å²) in [6.07, 6.45) is 0.511. The number of aromatic nitrogens is 1. The first-order valence-electron chi connectivity index (χ1n) is 12.5. The number of ether oxygens (including phenoxy) is 1. The van der Waals surface area contributed by atoms with E-state index in [9.17, 15) is 18.3 Å². The summed E-state index contributed by atoms with van der Waals surface area (Å²) in [7, 11) is -2.81. The molecule has 0 unspecified atom stereocenters. The van der Waals surface area contributed by atoms with Gasteiger partial charge in [-0.05, 0) is 67.9 Å². The highest BCUT2D eigenvalue weighted by molar-refractivity contribution is 7.90. The van der Waals surface area contributed by atoms with E-state index in [4.69, 9.17) is 20.8 Å². The molecule has 0 aliphatic heterocycles. The fourth-order valence-electron chi connectivity index (χ4n) is 4.01. The van der Waals surface area contributed by atoms with Gasteiger partial charge in [-0.25, -0.2) is 4.98 Å². The molecule has 9 nitrogen and oxygen atoms in total. The molecule has 1 aromatic heterocycles. The van der Waals surface area contributed by atoms with Crippen molar-refractivity contribution in [1.29, 1.82) is 0 Å². The van der Waals surface area contributed by atoms with E-state index in [1.54, 1.807) is 48.5 Å². The number of benzene rings is 3. The van der Waals surface area contributed by atoms with E-state index in [1.807, 2.05) is 38.1 Å². The fraction of sp³-hybridized carbons (Fsp3) is 0.241. The first-order valence-corrected chi connectivity index (χ1v) is 14.3. The number of carbonyl (C=O) groups is 1. The molecule has 210 valence electrons. The molecule has 1 heterocycles. The van der Waals surface area contributed by atoms with Gasteiger partial charge in [-0.15, -0.1) is 0 Å². The molecule has 0 atom stereocenters. The van der Waals surface area contributed by atoms with Crippen LogP contribution in [0.5, 0.6) is 5.75 Å². The molecule has 40 heavy (non-hydrogen) atoms. The second-order valence-corrected chi connectivity index (χ2v) is 11.6. The van der Waals surface area contributed by atoms with E-state index in [0.717, 1.165) is 25.4 Å². The molecule has 1 N–H and O–H groups in total. The summed E-state index contributed by atoms with van der Waals surface area (Å²) in [6, 6.07) is 21.1. The number of hydrogen-bond acceptors (Lipinski definition) is 6. The first-order chi connectivity index (χ1) is 19.0. The second kappa shape index (κ2) is 12.5. The van der Waals surface area contributed by atoms with Crippen molar-refractivity contribution in [2.75, 3.05) is 24.5 Å². The van der Waals surface area contributed by atoms with Crippen LogP contribution in [0.4, 0.5) is 5.69 Å². The third-order valence-corrected chi connectivity index (χ3v) is 8.30. The SMILES string of the molecule is Cc1ccc(-c2nc(CCOc3cccc(CN(CC(=O)O)S(=O)(=O)N(C)c4ccc(Cl)cc4)c3)c(C)o2)cc1. The number of halogens is 1. The number of rotatable bonds is 12. The monoisotopic (exact) mass is 583 g/mol. The minimum Gasteiger partial charge on any atom is -0.493 e. The number of hydrogen-bond donors (Lipinski definition) is 1. The van der Waals surface area contributed by atoms with Crippen LogP contribution < -0.4 is 9.04 Å². The van der Waals surface area contributed by atoms with Gasteiger partial charge in [-0.1, -0.05) is 41.4 Å². The zero-order valence-electron chi connectivity index (χ0n) is 22.4. The van der Waals surface area contributed by atoms with E-state index in [-0.39, 0.29) is 6.54 Å². The molecule has 0 bridgehead atoms. The maximum atomic E-state index is 13.3. The molecule has 0 fully saturated rings. The van der Waals surface area contributed by atoms with Crippen molar-refractivity contribution in [2.24, 2.45) is 0 Å². The van der Waals surface area contributed by atoms with E-state index < -0.39 is 22.7 Å². The maximum absolute atomic E-state index is 13.3. The van der Waals surface area contributed by atoms with E-state index in [2.05, 4.69) is 4.98 Å². The molecule has 0 aliphatic rings. The zero-order chi connectivity index (χ0) is 28.9. The molecule has 0 aliphatic carbocycles. The molecule has 0 amide bonds. The van der Waals surface area contributed by atoms with Gasteiger partial charge in [0.2, 0.25) is 5.89 Å². The topological polar surface area (TPSA) is 113 Å². The molecule has 0 saturated heterocycles. The predicted molar refractivity (Wildman–Crippen MR) is 154 cm³/mol. The summed E-state index contributed by atoms with van der Waals surface area (Å²) >= 11 is 5.92. The largest absolute Gasteiger partial charge is 0.493 e. The van der Waals surface area contributed by atoms with E-state index in [0.29, 0.717) is 46.7 Å². The van der Waals surface area contributed by atoms with Crippen LogP contribution in [0.2, 0.25) is 5.02 Å². The van der Waals surface area contributed by atoms with Crippen LogP contribution >= 0.6 is 11.6 Å². The van der Waals surface area contributed by atoms with E-state index in [1.165, 1.54) is 7.05 Å². The standard InChI is InChI=1S/C29H30ClN3O6S/c1-20-7-9-23(10-8-20)29-31-27(21(2)39-29)15-16-38-26-6-4-5-22(17-26)18-33(19-28(34)35)40(36,37)32(3)25-13-11-24(30)12-14-25/h4-14,17H,15-16,18-19H2,1-3H3,(H,34,35). The quantitative estimate of drug-likeness (QED) is 0.234. The molecule has 0 saturated carbocycles. The Balaban J connectivity index is 1.43. The van der Waals surface area contributed by atoms with Gasteiger partial charge in [-0.2, -0.15) is 12.7 Å². The Morgan fingerprint density at radius 3 is 2.42 bits per heavy atom. The highest BCUT2D eigenvalue weighted by Gasteiger charge is 2.29. The molecule has 4 aromatic rings. The maximum Gasteiger partial charge on any atom is 0.318 e. The van der Waals surface area contributed by atoms with Gasteiger partial charge in [0.05, 0.1) is 18.0 Å². The Morgan fingerprint density at radius 2 is 1.75 bits per heavy atom. The zero-order valence-corrected chi connectivity index (χ0v) is 23.9. The van der Waals surface area contributed by atoms with Crippen LogP contribution in [0, 0.1) is 13.8 Å². The summed E-state index contributed by atoms with van der Waals surface area (Å²) in [4.78, 5) is 16.2. The molecule has 0 radical (unpaired) electrons. The smallest absolute Gasteiger partial charge is 0.318 e. The first kappa shape index (κ1) is 29.1. The normalized spacial score (nSPS) is 11.5. The molecule has 3 aromatic carbocycles. The lowest BCUT2D eigenvalue weighted by Crippen LogP contribution is -2.44. The third-order valence-electron chi connectivity index (χ3n) is 6.23. The van der Waals surface area contributed by atoms with Crippen LogP contribution in [0.3, 0.4) is 0 Å². The lowest BCUT2D eigenvalue weighted by Gasteiger charge is -2.28. The Hall–Kier alpha value is -3.86. The Morgan fingerprint density at radius 1 is 1.05 bits per heavy atom. The van der Waals surface area contributed by atoms with Crippen molar-refractivity contribution < 1.29 is 27.5 Å². The number of nitrogens with zero attached hydrogens (tertiary/aromatic N) is 3. The number of carboxylic acids is 1. The lowest BCUT2D eigenvalue weighted by molar-refractivity contribution is -0.137. The fourth-order valence-corrected chi connectivity index (χ4v) is 5.46. The minimum absolute atomic E-state index is 0.161. The van der Waals surface area contributed by atoms with Crippen molar-refractivity contribution in [1.82, 2.24) is 9.29 Å². The van der Waals surface area contributed by atoms with Gasteiger partial charge in [0.25, 0.3) is 0 Å². The van der Waals surface area contributed by atoms with Crippen molar-refractivity contribution in [3.8, 4) is 17.2 Å². The van der Waals surface area contributed by atoms with Crippen LogP contribution in [-0.2, 0) is 28.0 Å². The molecule has 11 heteroatoms. The minimum atomic E-state index is -4.17.